The molecule has 6 heteroatoms. The lowest BCUT2D eigenvalue weighted by molar-refractivity contribution is -0.134. The lowest BCUT2D eigenvalue weighted by Gasteiger charge is -2.23. The van der Waals surface area contributed by atoms with Gasteiger partial charge in [0.05, 0.1) is 6.04 Å². The highest BCUT2D eigenvalue weighted by Crippen LogP contribution is 2.20. The van der Waals surface area contributed by atoms with Gasteiger partial charge in [0.1, 0.15) is 5.78 Å². The van der Waals surface area contributed by atoms with Gasteiger partial charge in [-0.05, 0) is 38.5 Å². The Kier molecular flexibility index (Phi) is 12.7. The van der Waals surface area contributed by atoms with E-state index in [0.717, 1.165) is 0 Å². The van der Waals surface area contributed by atoms with Gasteiger partial charge >= 0.3 is 0 Å². The van der Waals surface area contributed by atoms with Crippen molar-refractivity contribution in [3.63, 3.8) is 0 Å². The molecule has 0 radical (unpaired) electrons. The zero-order valence-electron chi connectivity index (χ0n) is 19.6. The molecule has 0 saturated heterocycles. The molecule has 0 aromatic rings. The van der Waals surface area contributed by atoms with Crippen LogP contribution in [0.2, 0.25) is 0 Å². The van der Waals surface area contributed by atoms with Gasteiger partial charge in [0.15, 0.2) is 5.78 Å². The number of nitrogens with one attached hydrogen (secondary N) is 2. The van der Waals surface area contributed by atoms with Gasteiger partial charge in [-0.15, -0.1) is 0 Å². The summed E-state index contributed by atoms with van der Waals surface area (Å²) in [4.78, 5) is 49.9. The van der Waals surface area contributed by atoms with Gasteiger partial charge in [0.2, 0.25) is 11.8 Å². The van der Waals surface area contributed by atoms with E-state index in [1.807, 2.05) is 48.5 Å². The van der Waals surface area contributed by atoms with Gasteiger partial charge in [0.25, 0.3) is 0 Å². The normalized spacial score (nSPS) is 14.6. The fourth-order valence-corrected chi connectivity index (χ4v) is 3.33. The molecule has 0 aliphatic carbocycles. The lowest BCUT2D eigenvalue weighted by Crippen LogP contribution is -2.44. The van der Waals surface area contributed by atoms with Crippen LogP contribution in [-0.2, 0) is 19.2 Å². The molecule has 0 aromatic heterocycles. The van der Waals surface area contributed by atoms with Gasteiger partial charge in [0, 0.05) is 37.1 Å². The van der Waals surface area contributed by atoms with Crippen LogP contribution >= 0.6 is 0 Å². The maximum Gasteiger partial charge on any atom is 0.224 e. The van der Waals surface area contributed by atoms with Crippen LogP contribution in [0.25, 0.3) is 0 Å². The highest BCUT2D eigenvalue weighted by atomic mass is 16.2. The Hall–Kier alpha value is -1.72. The van der Waals surface area contributed by atoms with Crippen LogP contribution in [0.3, 0.4) is 0 Å². The van der Waals surface area contributed by atoms with Crippen molar-refractivity contribution in [2.24, 2.45) is 29.6 Å². The van der Waals surface area contributed by atoms with E-state index < -0.39 is 17.9 Å². The summed E-state index contributed by atoms with van der Waals surface area (Å²) >= 11 is 0. The fraction of sp³-hybridized carbons (Fsp3) is 0.826. The van der Waals surface area contributed by atoms with E-state index in [4.69, 9.17) is 0 Å². The monoisotopic (exact) mass is 410 g/mol. The van der Waals surface area contributed by atoms with Crippen molar-refractivity contribution in [3.8, 4) is 0 Å². The molecule has 29 heavy (non-hydrogen) atoms. The van der Waals surface area contributed by atoms with E-state index in [2.05, 4.69) is 10.6 Å². The number of hydrogen-bond donors (Lipinski definition) is 2. The molecule has 0 spiro atoms. The highest BCUT2D eigenvalue weighted by molar-refractivity contribution is 5.93. The van der Waals surface area contributed by atoms with E-state index in [9.17, 15) is 19.2 Å². The average Bonchev–Trinajstić information content (AvgIpc) is 2.59. The van der Waals surface area contributed by atoms with E-state index in [-0.39, 0.29) is 54.0 Å². The van der Waals surface area contributed by atoms with Gasteiger partial charge in [-0.1, -0.05) is 41.5 Å². The first-order chi connectivity index (χ1) is 13.4. The first-order valence-electron chi connectivity index (χ1n) is 11.0. The number of rotatable bonds is 14. The van der Waals surface area contributed by atoms with Crippen LogP contribution in [0.15, 0.2) is 0 Å². The third kappa shape index (κ3) is 11.1. The van der Waals surface area contributed by atoms with Crippen LogP contribution in [0.5, 0.6) is 0 Å². The fourth-order valence-electron chi connectivity index (χ4n) is 3.33. The maximum absolute atomic E-state index is 12.8. The summed E-state index contributed by atoms with van der Waals surface area (Å²) < 4.78 is 0. The van der Waals surface area contributed by atoms with Crippen LogP contribution in [0.4, 0.5) is 0 Å². The van der Waals surface area contributed by atoms with Crippen molar-refractivity contribution in [1.82, 2.24) is 10.6 Å². The quantitative estimate of drug-likeness (QED) is 0.458. The molecular weight excluding hydrogens is 368 g/mol. The smallest absolute Gasteiger partial charge is 0.224 e. The topological polar surface area (TPSA) is 92.3 Å². The van der Waals surface area contributed by atoms with Crippen molar-refractivity contribution in [1.29, 1.82) is 0 Å². The Balaban J connectivity index is 5.06. The number of amides is 2. The van der Waals surface area contributed by atoms with E-state index >= 15 is 0 Å². The summed E-state index contributed by atoms with van der Waals surface area (Å²) in [5.74, 6) is -0.870. The van der Waals surface area contributed by atoms with Crippen LogP contribution < -0.4 is 10.6 Å². The van der Waals surface area contributed by atoms with Crippen LogP contribution in [-0.4, -0.2) is 36.0 Å². The minimum Gasteiger partial charge on any atom is -0.356 e. The van der Waals surface area contributed by atoms with Crippen LogP contribution in [0.1, 0.15) is 81.1 Å². The molecule has 3 atom stereocenters. The molecule has 0 aliphatic heterocycles. The predicted octanol–water partition coefficient (Wildman–Crippen LogP) is 3.53. The number of carbonyl (C=O) groups excluding carboxylic acids is 4. The van der Waals surface area contributed by atoms with Gasteiger partial charge in [-0.25, -0.2) is 0 Å². The molecule has 6 nitrogen and oxygen atoms in total. The van der Waals surface area contributed by atoms with Gasteiger partial charge in [-0.2, -0.15) is 0 Å². The van der Waals surface area contributed by atoms with Crippen molar-refractivity contribution >= 4 is 23.4 Å². The van der Waals surface area contributed by atoms with E-state index in [0.29, 0.717) is 19.4 Å². The number of ketones is 2. The molecule has 0 rings (SSSR count). The second-order valence-electron chi connectivity index (χ2n) is 9.27. The Morgan fingerprint density at radius 1 is 0.690 bits per heavy atom. The molecular formula is C23H42N2O4. The molecule has 168 valence electrons. The minimum atomic E-state index is -0.685. The first-order valence-corrected chi connectivity index (χ1v) is 11.0. The summed E-state index contributed by atoms with van der Waals surface area (Å²) in [6.07, 6.45) is 1.51. The highest BCUT2D eigenvalue weighted by Gasteiger charge is 2.29. The van der Waals surface area contributed by atoms with Crippen molar-refractivity contribution in [3.05, 3.63) is 0 Å². The van der Waals surface area contributed by atoms with Crippen LogP contribution in [0, 0.1) is 29.6 Å². The molecule has 2 N–H and O–H groups in total. The molecule has 0 aliphatic rings. The SMILES string of the molecule is CCNC(=O)C(CC(=O)C(C)NC(=O)C(CC(=O)C(C)C)CC(C)C)CC(C)C. The molecule has 0 bridgehead atoms. The van der Waals surface area contributed by atoms with Crippen molar-refractivity contribution in [2.75, 3.05) is 6.54 Å². The number of Topliss-reactive ketones (excluding diaryl/α,β-unsaturated/α-hetero) is 2. The van der Waals surface area contributed by atoms with E-state index in [1.165, 1.54) is 0 Å². The zero-order chi connectivity index (χ0) is 22.7. The predicted molar refractivity (Wildman–Crippen MR) is 116 cm³/mol. The van der Waals surface area contributed by atoms with Gasteiger partial charge < -0.3 is 10.6 Å². The summed E-state index contributed by atoms with van der Waals surface area (Å²) in [5.41, 5.74) is 0. The van der Waals surface area contributed by atoms with Crippen molar-refractivity contribution < 1.29 is 19.2 Å². The summed E-state index contributed by atoms with van der Waals surface area (Å²) in [5, 5.41) is 5.58. The third-order valence-corrected chi connectivity index (χ3v) is 4.99. The lowest BCUT2D eigenvalue weighted by atomic mass is 9.88. The molecule has 0 fully saturated rings. The first kappa shape index (κ1) is 27.3. The molecule has 0 heterocycles. The largest absolute Gasteiger partial charge is 0.356 e. The Morgan fingerprint density at radius 2 is 1.14 bits per heavy atom. The van der Waals surface area contributed by atoms with E-state index in [1.54, 1.807) is 6.92 Å². The van der Waals surface area contributed by atoms with Crippen molar-refractivity contribution in [2.45, 2.75) is 87.1 Å². The Labute approximate surface area is 177 Å². The second-order valence-corrected chi connectivity index (χ2v) is 9.27. The molecule has 0 saturated carbocycles. The molecule has 2 amide bonds. The Morgan fingerprint density at radius 3 is 1.55 bits per heavy atom. The second kappa shape index (κ2) is 13.5. The number of hydrogen-bond acceptors (Lipinski definition) is 4. The number of carbonyl (C=O) groups is 4. The zero-order valence-corrected chi connectivity index (χ0v) is 19.6. The average molecular weight is 411 g/mol. The Bertz CT molecular complexity index is 555. The maximum atomic E-state index is 12.8. The molecule has 3 unspecified atom stereocenters. The minimum absolute atomic E-state index is 0.0537. The summed E-state index contributed by atoms with van der Waals surface area (Å²) in [6.45, 7) is 15.7. The van der Waals surface area contributed by atoms with Gasteiger partial charge in [-0.3, -0.25) is 19.2 Å². The molecule has 0 aromatic carbocycles. The third-order valence-electron chi connectivity index (χ3n) is 4.99. The summed E-state index contributed by atoms with van der Waals surface area (Å²) in [7, 11) is 0. The summed E-state index contributed by atoms with van der Waals surface area (Å²) in [6, 6.07) is -0.685. The standard InChI is InChI=1S/C23H42N2O4/c1-9-24-22(28)18(10-14(2)3)13-21(27)17(8)25-23(29)19(11-15(4)5)12-20(26)16(6)7/h14-19H,9-13H2,1-8H3,(H,24,28)(H,25,29).